The van der Waals surface area contributed by atoms with Gasteiger partial charge in [-0.2, -0.15) is 5.26 Å². The molecule has 0 unspecified atom stereocenters. The van der Waals surface area contributed by atoms with Crippen molar-refractivity contribution < 1.29 is 19.0 Å². The number of allylic oxidation sites excluding steroid dienone is 2. The number of ether oxygens (including phenoxy) is 3. The predicted molar refractivity (Wildman–Crippen MR) is 83.0 cm³/mol. The van der Waals surface area contributed by atoms with Crippen LogP contribution in [-0.2, 0) is 14.3 Å². The summed E-state index contributed by atoms with van der Waals surface area (Å²) in [6.45, 7) is 3.93. The molecule has 6 nitrogen and oxygen atoms in total. The smallest absolute Gasteiger partial charge is 0.338 e. The number of carbonyl (C=O) groups excluding carboxylic acids is 1. The maximum absolute atomic E-state index is 12.2. The van der Waals surface area contributed by atoms with E-state index in [1.54, 1.807) is 19.1 Å². The van der Waals surface area contributed by atoms with Gasteiger partial charge in [0.1, 0.15) is 23.2 Å². The van der Waals surface area contributed by atoms with Gasteiger partial charge in [0, 0.05) is 5.56 Å². The van der Waals surface area contributed by atoms with Crippen LogP contribution in [0.25, 0.3) is 0 Å². The predicted octanol–water partition coefficient (Wildman–Crippen LogP) is 2.34. The van der Waals surface area contributed by atoms with Gasteiger partial charge in [-0.05, 0) is 19.9 Å². The zero-order chi connectivity index (χ0) is 17.0. The number of nitriles is 1. The van der Waals surface area contributed by atoms with Crippen LogP contribution in [0.5, 0.6) is 5.75 Å². The third-order valence-corrected chi connectivity index (χ3v) is 3.54. The zero-order valence-corrected chi connectivity index (χ0v) is 13.3. The average Bonchev–Trinajstić information content (AvgIpc) is 2.54. The number of rotatable bonds is 4. The van der Waals surface area contributed by atoms with Gasteiger partial charge in [0.2, 0.25) is 5.88 Å². The summed E-state index contributed by atoms with van der Waals surface area (Å²) in [6.07, 6.45) is 0. The van der Waals surface area contributed by atoms with Gasteiger partial charge in [-0.3, -0.25) is 0 Å². The van der Waals surface area contributed by atoms with Crippen molar-refractivity contribution in [2.45, 2.75) is 19.8 Å². The van der Waals surface area contributed by atoms with Crippen LogP contribution < -0.4 is 10.5 Å². The van der Waals surface area contributed by atoms with Gasteiger partial charge in [-0.1, -0.05) is 18.2 Å². The summed E-state index contributed by atoms with van der Waals surface area (Å²) >= 11 is 0. The van der Waals surface area contributed by atoms with Gasteiger partial charge >= 0.3 is 5.97 Å². The lowest BCUT2D eigenvalue weighted by molar-refractivity contribution is -0.136. The van der Waals surface area contributed by atoms with Gasteiger partial charge in [0.05, 0.1) is 25.2 Å². The molecule has 1 aliphatic heterocycles. The molecule has 2 N–H and O–H groups in total. The molecule has 0 aliphatic carbocycles. The first-order chi connectivity index (χ1) is 11.0. The van der Waals surface area contributed by atoms with Crippen LogP contribution in [0.2, 0.25) is 0 Å². The number of hydrogen-bond donors (Lipinski definition) is 1. The molecule has 0 radical (unpaired) electrons. The Morgan fingerprint density at radius 1 is 1.43 bits per heavy atom. The van der Waals surface area contributed by atoms with E-state index in [2.05, 4.69) is 0 Å². The molecule has 0 spiro atoms. The molecule has 23 heavy (non-hydrogen) atoms. The standard InChI is InChI=1S/C17H18N2O4/c1-4-22-13-8-6-5-7-11(13)15-12(9-18)16(19)23-10(2)14(15)17(20)21-3/h5-8,15H,4,19H2,1-3H3/t15-/m1/s1. The third-order valence-electron chi connectivity index (χ3n) is 3.54. The first-order valence-corrected chi connectivity index (χ1v) is 7.13. The Hall–Kier alpha value is -2.94. The van der Waals surface area contributed by atoms with E-state index in [0.29, 0.717) is 23.7 Å². The topological polar surface area (TPSA) is 94.6 Å². The minimum Gasteiger partial charge on any atom is -0.494 e. The van der Waals surface area contributed by atoms with E-state index in [0.717, 1.165) is 0 Å². The SMILES string of the molecule is CCOc1ccccc1[C@@H]1C(C#N)=C(N)OC(C)=C1C(=O)OC. The molecule has 1 atom stereocenters. The Labute approximate surface area is 134 Å². The van der Waals surface area contributed by atoms with Crippen molar-refractivity contribution >= 4 is 5.97 Å². The molecule has 0 saturated carbocycles. The first kappa shape index (κ1) is 16.4. The van der Waals surface area contributed by atoms with Crippen molar-refractivity contribution in [3.63, 3.8) is 0 Å². The molecule has 1 aromatic rings. The van der Waals surface area contributed by atoms with Crippen molar-refractivity contribution in [3.05, 3.63) is 52.6 Å². The lowest BCUT2D eigenvalue weighted by Crippen LogP contribution is -2.25. The van der Waals surface area contributed by atoms with Crippen molar-refractivity contribution in [2.24, 2.45) is 5.73 Å². The number of para-hydroxylation sites is 1. The highest BCUT2D eigenvalue weighted by Gasteiger charge is 2.37. The first-order valence-electron chi connectivity index (χ1n) is 7.13. The number of hydrogen-bond acceptors (Lipinski definition) is 6. The highest BCUT2D eigenvalue weighted by atomic mass is 16.5. The van der Waals surface area contributed by atoms with E-state index in [1.165, 1.54) is 7.11 Å². The van der Waals surface area contributed by atoms with Gasteiger partial charge in [-0.15, -0.1) is 0 Å². The summed E-state index contributed by atoms with van der Waals surface area (Å²) in [5.74, 6) is -0.390. The normalized spacial score (nSPS) is 17.4. The maximum atomic E-state index is 12.2. The highest BCUT2D eigenvalue weighted by molar-refractivity contribution is 5.92. The van der Waals surface area contributed by atoms with Gasteiger partial charge in [0.25, 0.3) is 0 Å². The number of carbonyl (C=O) groups is 1. The molecular weight excluding hydrogens is 296 g/mol. The second kappa shape index (κ2) is 6.88. The summed E-state index contributed by atoms with van der Waals surface area (Å²) in [4.78, 5) is 12.2. The molecular formula is C17H18N2O4. The Morgan fingerprint density at radius 3 is 2.74 bits per heavy atom. The Bertz CT molecular complexity index is 728. The molecule has 1 aliphatic rings. The fraction of sp³-hybridized carbons (Fsp3) is 0.294. The van der Waals surface area contributed by atoms with E-state index in [1.807, 2.05) is 25.1 Å². The van der Waals surface area contributed by atoms with Gasteiger partial charge < -0.3 is 19.9 Å². The summed E-state index contributed by atoms with van der Waals surface area (Å²) in [5.41, 5.74) is 6.90. The number of nitrogens with zero attached hydrogens (tertiary/aromatic N) is 1. The summed E-state index contributed by atoms with van der Waals surface area (Å²) < 4.78 is 15.8. The van der Waals surface area contributed by atoms with E-state index in [-0.39, 0.29) is 17.0 Å². The summed E-state index contributed by atoms with van der Waals surface area (Å²) in [6, 6.07) is 9.24. The van der Waals surface area contributed by atoms with Gasteiger partial charge in [0.15, 0.2) is 0 Å². The zero-order valence-electron chi connectivity index (χ0n) is 13.3. The van der Waals surface area contributed by atoms with Crippen LogP contribution in [0.4, 0.5) is 0 Å². The summed E-state index contributed by atoms with van der Waals surface area (Å²) in [7, 11) is 1.28. The van der Waals surface area contributed by atoms with Crippen LogP contribution in [0.1, 0.15) is 25.3 Å². The van der Waals surface area contributed by atoms with E-state index < -0.39 is 11.9 Å². The van der Waals surface area contributed by atoms with Crippen LogP contribution in [0.15, 0.2) is 47.1 Å². The summed E-state index contributed by atoms with van der Waals surface area (Å²) in [5, 5.41) is 9.49. The number of methoxy groups -OCH3 is 1. The number of benzene rings is 1. The second-order valence-corrected chi connectivity index (χ2v) is 4.86. The largest absolute Gasteiger partial charge is 0.494 e. The molecule has 6 heteroatoms. The molecule has 0 fully saturated rings. The fourth-order valence-corrected chi connectivity index (χ4v) is 2.57. The van der Waals surface area contributed by atoms with Crippen LogP contribution in [0, 0.1) is 11.3 Å². The minimum atomic E-state index is -0.691. The minimum absolute atomic E-state index is 0.0195. The monoisotopic (exact) mass is 314 g/mol. The molecule has 0 saturated heterocycles. The van der Waals surface area contributed by atoms with E-state index >= 15 is 0 Å². The van der Waals surface area contributed by atoms with Crippen LogP contribution in [-0.4, -0.2) is 19.7 Å². The van der Waals surface area contributed by atoms with Crippen molar-refractivity contribution in [1.29, 1.82) is 5.26 Å². The van der Waals surface area contributed by atoms with E-state index in [9.17, 15) is 10.1 Å². The van der Waals surface area contributed by atoms with Crippen LogP contribution in [0.3, 0.4) is 0 Å². The Kier molecular flexibility index (Phi) is 4.91. The lowest BCUT2D eigenvalue weighted by Gasteiger charge is -2.27. The van der Waals surface area contributed by atoms with E-state index in [4.69, 9.17) is 19.9 Å². The highest BCUT2D eigenvalue weighted by Crippen LogP contribution is 2.42. The average molecular weight is 314 g/mol. The Morgan fingerprint density at radius 2 is 2.13 bits per heavy atom. The Balaban J connectivity index is 2.69. The van der Waals surface area contributed by atoms with Crippen molar-refractivity contribution in [2.75, 3.05) is 13.7 Å². The lowest BCUT2D eigenvalue weighted by atomic mass is 9.82. The molecule has 1 aromatic carbocycles. The molecule has 0 aromatic heterocycles. The molecule has 0 bridgehead atoms. The second-order valence-electron chi connectivity index (χ2n) is 4.86. The molecule has 1 heterocycles. The maximum Gasteiger partial charge on any atom is 0.338 e. The molecule has 2 rings (SSSR count). The van der Waals surface area contributed by atoms with Crippen LogP contribution >= 0.6 is 0 Å². The van der Waals surface area contributed by atoms with Crippen molar-refractivity contribution in [1.82, 2.24) is 0 Å². The quantitative estimate of drug-likeness (QED) is 0.857. The van der Waals surface area contributed by atoms with Crippen molar-refractivity contribution in [3.8, 4) is 11.8 Å². The third kappa shape index (κ3) is 2.99. The number of nitrogens with two attached hydrogens (primary N) is 1. The van der Waals surface area contributed by atoms with Gasteiger partial charge in [-0.25, -0.2) is 4.79 Å². The molecule has 120 valence electrons. The number of esters is 1. The molecule has 0 amide bonds. The fourth-order valence-electron chi connectivity index (χ4n) is 2.57.